The maximum absolute atomic E-state index is 11.9. The van der Waals surface area contributed by atoms with Gasteiger partial charge in [0.15, 0.2) is 6.61 Å². The van der Waals surface area contributed by atoms with Gasteiger partial charge in [-0.1, -0.05) is 38.0 Å². The molecule has 0 heterocycles. The van der Waals surface area contributed by atoms with E-state index in [-0.39, 0.29) is 6.04 Å². The summed E-state index contributed by atoms with van der Waals surface area (Å²) in [5, 5.41) is 5.01. The summed E-state index contributed by atoms with van der Waals surface area (Å²) in [5.74, 6) is -0.308. The normalized spacial score (nSPS) is 19.1. The van der Waals surface area contributed by atoms with E-state index in [1.165, 1.54) is 12.5 Å². The maximum atomic E-state index is 11.9. The minimum atomic E-state index is -0.678. The van der Waals surface area contributed by atoms with Crippen LogP contribution in [-0.2, 0) is 14.3 Å². The molecule has 1 fully saturated rings. The van der Waals surface area contributed by atoms with Crippen molar-refractivity contribution >= 4 is 24.0 Å². The monoisotopic (exact) mass is 388 g/mol. The van der Waals surface area contributed by atoms with Crippen molar-refractivity contribution in [3.05, 3.63) is 35.9 Å². The second-order valence-electron chi connectivity index (χ2n) is 6.80. The molecule has 1 aromatic rings. The maximum Gasteiger partial charge on any atom is 0.331 e. The van der Waals surface area contributed by atoms with Gasteiger partial charge in [-0.2, -0.15) is 0 Å². The predicted octanol–water partition coefficient (Wildman–Crippen LogP) is 3.05. The summed E-state index contributed by atoms with van der Waals surface area (Å²) < 4.78 is 10.3. The third-order valence-corrected chi connectivity index (χ3v) is 4.64. The summed E-state index contributed by atoms with van der Waals surface area (Å²) in [6.07, 6.45) is 6.98. The zero-order valence-electron chi connectivity index (χ0n) is 16.4. The number of rotatable bonds is 7. The van der Waals surface area contributed by atoms with Crippen molar-refractivity contribution in [3.8, 4) is 5.75 Å². The van der Waals surface area contributed by atoms with E-state index in [1.54, 1.807) is 18.2 Å². The summed E-state index contributed by atoms with van der Waals surface area (Å²) in [5.41, 5.74) is 0.728. The molecule has 1 aliphatic rings. The Hall–Kier alpha value is -2.83. The van der Waals surface area contributed by atoms with Crippen molar-refractivity contribution in [2.45, 2.75) is 45.6 Å². The molecule has 152 valence electrons. The Morgan fingerprint density at radius 3 is 2.68 bits per heavy atom. The van der Waals surface area contributed by atoms with Crippen LogP contribution in [0.3, 0.4) is 0 Å². The van der Waals surface area contributed by atoms with Crippen molar-refractivity contribution in [2.75, 3.05) is 13.2 Å². The summed E-state index contributed by atoms with van der Waals surface area (Å²) >= 11 is 0. The molecule has 0 spiro atoms. The average molecular weight is 388 g/mol. The van der Waals surface area contributed by atoms with E-state index in [0.717, 1.165) is 24.8 Å². The molecule has 28 heavy (non-hydrogen) atoms. The fourth-order valence-corrected chi connectivity index (χ4v) is 3.15. The van der Waals surface area contributed by atoms with Gasteiger partial charge in [0.25, 0.3) is 5.91 Å². The Morgan fingerprint density at radius 1 is 1.18 bits per heavy atom. The van der Waals surface area contributed by atoms with Crippen LogP contribution in [0.1, 0.15) is 45.1 Å². The van der Waals surface area contributed by atoms with Crippen molar-refractivity contribution in [3.63, 3.8) is 0 Å². The molecule has 0 bridgehead atoms. The summed E-state index contributed by atoms with van der Waals surface area (Å²) in [6, 6.07) is 6.78. The topological polar surface area (TPSA) is 93.7 Å². The Bertz CT molecular complexity index is 717. The Morgan fingerprint density at radius 2 is 1.93 bits per heavy atom. The zero-order chi connectivity index (χ0) is 20.4. The molecule has 0 saturated heterocycles. The minimum absolute atomic E-state index is 0.0671. The van der Waals surface area contributed by atoms with Gasteiger partial charge in [0.2, 0.25) is 0 Å². The number of carbonyl (C=O) groups excluding carboxylic acids is 3. The molecule has 0 unspecified atom stereocenters. The quantitative estimate of drug-likeness (QED) is 0.553. The lowest BCUT2D eigenvalue weighted by Gasteiger charge is -2.29. The van der Waals surface area contributed by atoms with E-state index in [2.05, 4.69) is 17.6 Å². The number of para-hydroxylation sites is 1. The van der Waals surface area contributed by atoms with Gasteiger partial charge in [-0.3, -0.25) is 10.1 Å². The number of hydrogen-bond acceptors (Lipinski definition) is 5. The van der Waals surface area contributed by atoms with E-state index >= 15 is 0 Å². The van der Waals surface area contributed by atoms with Gasteiger partial charge in [-0.25, -0.2) is 9.59 Å². The summed E-state index contributed by atoms with van der Waals surface area (Å²) in [4.78, 5) is 35.5. The van der Waals surface area contributed by atoms with Crippen LogP contribution < -0.4 is 15.4 Å². The highest BCUT2D eigenvalue weighted by molar-refractivity contribution is 5.96. The average Bonchev–Trinajstić information content (AvgIpc) is 2.67. The molecule has 7 nitrogen and oxygen atoms in total. The number of amides is 3. The van der Waals surface area contributed by atoms with Gasteiger partial charge in [0.1, 0.15) is 5.75 Å². The number of urea groups is 1. The van der Waals surface area contributed by atoms with Gasteiger partial charge >= 0.3 is 12.0 Å². The number of hydrogen-bond donors (Lipinski definition) is 2. The van der Waals surface area contributed by atoms with E-state index in [9.17, 15) is 14.4 Å². The molecule has 0 aliphatic heterocycles. The molecule has 1 saturated carbocycles. The van der Waals surface area contributed by atoms with Crippen molar-refractivity contribution < 1.29 is 23.9 Å². The number of esters is 1. The lowest BCUT2D eigenvalue weighted by atomic mass is 9.86. The first kappa shape index (κ1) is 21.5. The van der Waals surface area contributed by atoms with Crippen LogP contribution >= 0.6 is 0 Å². The zero-order valence-corrected chi connectivity index (χ0v) is 16.4. The molecule has 1 aromatic carbocycles. The van der Waals surface area contributed by atoms with Crippen molar-refractivity contribution in [1.82, 2.24) is 10.6 Å². The molecule has 2 rings (SSSR count). The SMILES string of the molecule is CCOc1ccccc1/C=C/C(=O)OCC(=O)NC(=O)N[C@H]1CCCC[C@@H]1C. The molecule has 2 N–H and O–H groups in total. The van der Waals surface area contributed by atoms with Crippen molar-refractivity contribution in [2.24, 2.45) is 5.92 Å². The fourth-order valence-electron chi connectivity index (χ4n) is 3.15. The van der Waals surface area contributed by atoms with E-state index in [1.807, 2.05) is 19.1 Å². The van der Waals surface area contributed by atoms with E-state index in [0.29, 0.717) is 18.3 Å². The minimum Gasteiger partial charge on any atom is -0.493 e. The van der Waals surface area contributed by atoms with Crippen LogP contribution in [-0.4, -0.2) is 37.2 Å². The van der Waals surface area contributed by atoms with Crippen LogP contribution in [0.4, 0.5) is 4.79 Å². The number of nitrogens with one attached hydrogen (secondary N) is 2. The van der Waals surface area contributed by atoms with Crippen LogP contribution in [0.5, 0.6) is 5.75 Å². The van der Waals surface area contributed by atoms with Gasteiger partial charge in [0.05, 0.1) is 6.61 Å². The lowest BCUT2D eigenvalue weighted by molar-refractivity contribution is -0.143. The highest BCUT2D eigenvalue weighted by Crippen LogP contribution is 2.23. The van der Waals surface area contributed by atoms with Crippen LogP contribution in [0, 0.1) is 5.92 Å². The molecular formula is C21H28N2O5. The fraction of sp³-hybridized carbons (Fsp3) is 0.476. The first-order chi connectivity index (χ1) is 13.5. The number of imide groups is 1. The van der Waals surface area contributed by atoms with Crippen LogP contribution in [0.25, 0.3) is 6.08 Å². The molecule has 0 aromatic heterocycles. The van der Waals surface area contributed by atoms with Crippen LogP contribution in [0.2, 0.25) is 0 Å². The number of carbonyl (C=O) groups is 3. The highest BCUT2D eigenvalue weighted by Gasteiger charge is 2.23. The summed E-state index contributed by atoms with van der Waals surface area (Å²) in [6.45, 7) is 3.95. The molecule has 1 aliphatic carbocycles. The standard InChI is InChI=1S/C21H28N2O5/c1-3-27-18-11-7-5-9-16(18)12-13-20(25)28-14-19(24)23-21(26)22-17-10-6-4-8-15(17)2/h5,7,9,11-13,15,17H,3-4,6,8,10,14H2,1-2H3,(H2,22,23,24,26)/b13-12+/t15-,17-/m0/s1. The van der Waals surface area contributed by atoms with E-state index < -0.39 is 24.5 Å². The number of ether oxygens (including phenoxy) is 2. The molecular weight excluding hydrogens is 360 g/mol. The molecule has 2 atom stereocenters. The Kier molecular flexibility index (Phi) is 8.52. The van der Waals surface area contributed by atoms with Crippen LogP contribution in [0.15, 0.2) is 30.3 Å². The molecule has 3 amide bonds. The molecule has 0 radical (unpaired) electrons. The lowest BCUT2D eigenvalue weighted by Crippen LogP contribution is -2.48. The van der Waals surface area contributed by atoms with Gasteiger partial charge < -0.3 is 14.8 Å². The smallest absolute Gasteiger partial charge is 0.331 e. The molecule has 7 heteroatoms. The second kappa shape index (κ2) is 11.1. The first-order valence-corrected chi connectivity index (χ1v) is 9.66. The second-order valence-corrected chi connectivity index (χ2v) is 6.80. The third kappa shape index (κ3) is 7.06. The first-order valence-electron chi connectivity index (χ1n) is 9.66. The Labute approximate surface area is 165 Å². The van der Waals surface area contributed by atoms with E-state index in [4.69, 9.17) is 9.47 Å². The number of benzene rings is 1. The summed E-state index contributed by atoms with van der Waals surface area (Å²) in [7, 11) is 0. The largest absolute Gasteiger partial charge is 0.493 e. The third-order valence-electron chi connectivity index (χ3n) is 4.64. The van der Waals surface area contributed by atoms with Gasteiger partial charge in [0, 0.05) is 17.7 Å². The van der Waals surface area contributed by atoms with Crippen molar-refractivity contribution in [1.29, 1.82) is 0 Å². The van der Waals surface area contributed by atoms with Gasteiger partial charge in [-0.05, 0) is 37.8 Å². The Balaban J connectivity index is 1.74. The predicted molar refractivity (Wildman–Crippen MR) is 106 cm³/mol. The van der Waals surface area contributed by atoms with Gasteiger partial charge in [-0.15, -0.1) is 0 Å². The highest BCUT2D eigenvalue weighted by atomic mass is 16.5.